The number of nitrogens with zero attached hydrogens (tertiary/aromatic N) is 1. The minimum absolute atomic E-state index is 0.341. The Morgan fingerprint density at radius 1 is 1.36 bits per heavy atom. The van der Waals surface area contributed by atoms with Gasteiger partial charge >= 0.3 is 0 Å². The van der Waals surface area contributed by atoms with Crippen LogP contribution in [0, 0.1) is 5.92 Å². The van der Waals surface area contributed by atoms with Gasteiger partial charge in [-0.2, -0.15) is 0 Å². The Morgan fingerprint density at radius 2 is 2.23 bits per heavy atom. The molecule has 3 aliphatic rings. The third-order valence-corrected chi connectivity index (χ3v) is 7.04. The van der Waals surface area contributed by atoms with Gasteiger partial charge in [0.2, 0.25) is 0 Å². The van der Waals surface area contributed by atoms with E-state index in [0.717, 1.165) is 23.0 Å². The molecule has 118 valence electrons. The van der Waals surface area contributed by atoms with Crippen LogP contribution < -0.4 is 0 Å². The van der Waals surface area contributed by atoms with Gasteiger partial charge < -0.3 is 9.59 Å². The second-order valence-electron chi connectivity index (χ2n) is 8.05. The molecule has 0 spiro atoms. The molecule has 1 N–H and O–H groups in total. The predicted molar refractivity (Wildman–Crippen MR) is 90.0 cm³/mol. The number of quaternary nitrogens is 1. The number of hydrogen-bond donors (Lipinski definition) is 1. The highest BCUT2D eigenvalue weighted by Crippen LogP contribution is 2.57. The average molecular weight is 298 g/mol. The molecule has 2 nitrogen and oxygen atoms in total. The Bertz CT molecular complexity index is 610. The number of fused-ring (bicyclic) bond motifs is 1. The van der Waals surface area contributed by atoms with Gasteiger partial charge in [0.15, 0.2) is 0 Å². The molecule has 1 aromatic rings. The fourth-order valence-electron chi connectivity index (χ4n) is 5.98. The molecule has 4 atom stereocenters. The van der Waals surface area contributed by atoms with Crippen LogP contribution in [0.15, 0.2) is 30.9 Å². The van der Waals surface area contributed by atoms with E-state index < -0.39 is 0 Å². The molecular weight excluding hydrogens is 270 g/mol. The standard InChI is InChI=1S/C20H27NO/c1-3-11-21(2)12-10-20-9-5-4-6-17(20)19(21)13-15-7-8-16(22)14-18(15)20/h3,7-8,14,17,19H,1,4-6,9-13H2,2H3/p+1/t17-,19-,20?,21?/m0/s1. The van der Waals surface area contributed by atoms with E-state index in [2.05, 4.69) is 31.8 Å². The SMILES string of the molecule is C=CC[N+]1(C)CCC23CCCC[C@H]2[C@@H]1Cc1ccc(O)cc13. The smallest absolute Gasteiger partial charge is 0.115 e. The molecule has 2 heteroatoms. The molecule has 2 unspecified atom stereocenters. The Labute approximate surface area is 134 Å². The molecule has 22 heavy (non-hydrogen) atoms. The van der Waals surface area contributed by atoms with Gasteiger partial charge in [-0.05, 0) is 42.2 Å². The summed E-state index contributed by atoms with van der Waals surface area (Å²) >= 11 is 0. The second kappa shape index (κ2) is 4.86. The predicted octanol–water partition coefficient (Wildman–Crippen LogP) is 3.78. The fraction of sp³-hybridized carbons (Fsp3) is 0.600. The Kier molecular flexibility index (Phi) is 3.16. The van der Waals surface area contributed by atoms with E-state index in [0.29, 0.717) is 11.2 Å². The molecule has 1 heterocycles. The minimum Gasteiger partial charge on any atom is -0.508 e. The van der Waals surface area contributed by atoms with Crippen LogP contribution in [0.1, 0.15) is 43.2 Å². The van der Waals surface area contributed by atoms with E-state index in [1.807, 2.05) is 6.07 Å². The molecule has 4 rings (SSSR count). The van der Waals surface area contributed by atoms with Crippen molar-refractivity contribution in [3.8, 4) is 5.75 Å². The average Bonchev–Trinajstić information content (AvgIpc) is 2.52. The summed E-state index contributed by atoms with van der Waals surface area (Å²) in [5, 5.41) is 10.0. The van der Waals surface area contributed by atoms with Crippen LogP contribution in [-0.2, 0) is 11.8 Å². The third kappa shape index (κ3) is 1.83. The quantitative estimate of drug-likeness (QED) is 0.651. The lowest BCUT2D eigenvalue weighted by atomic mass is 9.52. The summed E-state index contributed by atoms with van der Waals surface area (Å²) in [5.74, 6) is 1.24. The first-order valence-corrected chi connectivity index (χ1v) is 8.87. The van der Waals surface area contributed by atoms with E-state index in [1.54, 1.807) is 0 Å². The van der Waals surface area contributed by atoms with E-state index in [4.69, 9.17) is 0 Å². The maximum Gasteiger partial charge on any atom is 0.115 e. The van der Waals surface area contributed by atoms with Crippen LogP contribution in [-0.4, -0.2) is 35.8 Å². The van der Waals surface area contributed by atoms with Crippen LogP contribution in [0.5, 0.6) is 5.75 Å². The molecule has 2 aliphatic carbocycles. The normalized spacial score (nSPS) is 39.7. The highest BCUT2D eigenvalue weighted by Gasteiger charge is 2.58. The van der Waals surface area contributed by atoms with Gasteiger partial charge in [0.25, 0.3) is 0 Å². The topological polar surface area (TPSA) is 20.2 Å². The highest BCUT2D eigenvalue weighted by molar-refractivity contribution is 5.44. The number of benzene rings is 1. The number of hydrogen-bond acceptors (Lipinski definition) is 1. The van der Waals surface area contributed by atoms with Gasteiger partial charge in [-0.1, -0.05) is 25.5 Å². The Hall–Kier alpha value is -1.28. The summed E-state index contributed by atoms with van der Waals surface area (Å²) in [6.45, 7) is 6.36. The molecule has 1 aliphatic heterocycles. The first-order chi connectivity index (χ1) is 10.6. The van der Waals surface area contributed by atoms with Crippen molar-refractivity contribution in [2.24, 2.45) is 5.92 Å². The molecular formula is C20H28NO+. The summed E-state index contributed by atoms with van der Waals surface area (Å²) < 4.78 is 1.16. The first-order valence-electron chi connectivity index (χ1n) is 8.87. The van der Waals surface area contributed by atoms with Gasteiger partial charge in [0.1, 0.15) is 5.75 Å². The first kappa shape index (κ1) is 14.3. The molecule has 0 radical (unpaired) electrons. The van der Waals surface area contributed by atoms with Crippen molar-refractivity contribution in [2.75, 3.05) is 20.1 Å². The van der Waals surface area contributed by atoms with E-state index in [-0.39, 0.29) is 0 Å². The molecule has 0 amide bonds. The lowest BCUT2D eigenvalue weighted by Crippen LogP contribution is -2.68. The third-order valence-electron chi connectivity index (χ3n) is 7.04. The van der Waals surface area contributed by atoms with Crippen molar-refractivity contribution in [2.45, 2.75) is 50.0 Å². The van der Waals surface area contributed by atoms with Gasteiger partial charge in [-0.3, -0.25) is 0 Å². The number of likely N-dealkylation sites (N-methyl/N-ethyl adjacent to an activating group) is 1. The zero-order valence-corrected chi connectivity index (χ0v) is 13.7. The molecule has 1 aromatic carbocycles. The van der Waals surface area contributed by atoms with Gasteiger partial charge in [0, 0.05) is 24.2 Å². The summed E-state index contributed by atoms with van der Waals surface area (Å²) in [6, 6.07) is 6.89. The summed E-state index contributed by atoms with van der Waals surface area (Å²) in [4.78, 5) is 0. The van der Waals surface area contributed by atoms with E-state index in [9.17, 15) is 5.11 Å². The monoisotopic (exact) mass is 298 g/mol. The van der Waals surface area contributed by atoms with Crippen molar-refractivity contribution in [1.82, 2.24) is 0 Å². The van der Waals surface area contributed by atoms with Gasteiger partial charge in [-0.15, -0.1) is 0 Å². The summed E-state index contributed by atoms with van der Waals surface area (Å²) in [5.41, 5.74) is 3.32. The second-order valence-corrected chi connectivity index (χ2v) is 8.05. The van der Waals surface area contributed by atoms with Crippen molar-refractivity contribution in [3.63, 3.8) is 0 Å². The Morgan fingerprint density at radius 3 is 3.05 bits per heavy atom. The number of phenols is 1. The Balaban J connectivity index is 1.87. The number of rotatable bonds is 2. The molecule has 0 aromatic heterocycles. The fourth-order valence-corrected chi connectivity index (χ4v) is 5.98. The van der Waals surface area contributed by atoms with Crippen LogP contribution in [0.3, 0.4) is 0 Å². The zero-order valence-electron chi connectivity index (χ0n) is 13.7. The highest BCUT2D eigenvalue weighted by atomic mass is 16.3. The van der Waals surface area contributed by atoms with E-state index in [1.165, 1.54) is 56.2 Å². The van der Waals surface area contributed by atoms with Crippen LogP contribution >= 0.6 is 0 Å². The largest absolute Gasteiger partial charge is 0.508 e. The molecule has 1 saturated heterocycles. The lowest BCUT2D eigenvalue weighted by molar-refractivity contribution is -0.940. The van der Waals surface area contributed by atoms with Gasteiger partial charge in [0.05, 0.1) is 26.2 Å². The zero-order chi connectivity index (χ0) is 15.4. The number of aromatic hydroxyl groups is 1. The molecule has 2 fully saturated rings. The number of phenolic OH excluding ortho intramolecular Hbond substituents is 1. The van der Waals surface area contributed by atoms with Crippen molar-refractivity contribution >= 4 is 0 Å². The summed E-state index contributed by atoms with van der Waals surface area (Å²) in [6.07, 6.45) is 9.97. The number of likely N-dealkylation sites (tertiary alicyclic amines) is 1. The van der Waals surface area contributed by atoms with Crippen molar-refractivity contribution in [3.05, 3.63) is 42.0 Å². The maximum atomic E-state index is 10.0. The minimum atomic E-state index is 0.341. The summed E-state index contributed by atoms with van der Waals surface area (Å²) in [7, 11) is 2.44. The van der Waals surface area contributed by atoms with Crippen molar-refractivity contribution < 1.29 is 9.59 Å². The lowest BCUT2D eigenvalue weighted by Gasteiger charge is -2.61. The van der Waals surface area contributed by atoms with Crippen molar-refractivity contribution in [1.29, 1.82) is 0 Å². The van der Waals surface area contributed by atoms with E-state index >= 15 is 0 Å². The molecule has 1 saturated carbocycles. The molecule has 2 bridgehead atoms. The van der Waals surface area contributed by atoms with Crippen LogP contribution in [0.25, 0.3) is 0 Å². The van der Waals surface area contributed by atoms with Crippen LogP contribution in [0.2, 0.25) is 0 Å². The van der Waals surface area contributed by atoms with Crippen LogP contribution in [0.4, 0.5) is 0 Å². The maximum absolute atomic E-state index is 10.0. The number of piperidine rings is 1. The van der Waals surface area contributed by atoms with Gasteiger partial charge in [-0.25, -0.2) is 0 Å².